The third-order valence-corrected chi connectivity index (χ3v) is 6.10. The van der Waals surface area contributed by atoms with E-state index < -0.39 is 0 Å². The third kappa shape index (κ3) is 3.34. The Hall–Kier alpha value is -2.34. The summed E-state index contributed by atoms with van der Waals surface area (Å²) in [5.74, 6) is 0.0572. The molecule has 0 unspecified atom stereocenters. The summed E-state index contributed by atoms with van der Waals surface area (Å²) >= 11 is 1.73. The summed E-state index contributed by atoms with van der Waals surface area (Å²) in [6.45, 7) is 0.646. The predicted molar refractivity (Wildman–Crippen MR) is 107 cm³/mol. The molecule has 5 nitrogen and oxygen atoms in total. The predicted octanol–water partition coefficient (Wildman–Crippen LogP) is 4.29. The molecule has 2 aliphatic carbocycles. The van der Waals surface area contributed by atoms with Crippen molar-refractivity contribution in [3.8, 4) is 0 Å². The fraction of sp³-hybridized carbons (Fsp3) is 0.381. The number of imidazole rings is 1. The molecule has 0 saturated heterocycles. The van der Waals surface area contributed by atoms with Gasteiger partial charge in [-0.1, -0.05) is 12.1 Å². The Bertz CT molecular complexity index is 989. The van der Waals surface area contributed by atoms with E-state index in [1.54, 1.807) is 18.0 Å². The number of aromatic nitrogens is 3. The van der Waals surface area contributed by atoms with E-state index in [9.17, 15) is 4.79 Å². The van der Waals surface area contributed by atoms with Crippen LogP contribution in [0, 0.1) is 0 Å². The first-order chi connectivity index (χ1) is 13.2. The molecule has 0 radical (unpaired) electrons. The van der Waals surface area contributed by atoms with Crippen LogP contribution >= 0.6 is 11.8 Å². The minimum absolute atomic E-state index is 0.0572. The summed E-state index contributed by atoms with van der Waals surface area (Å²) in [6.07, 6.45) is 10.2. The molecule has 138 valence electrons. The van der Waals surface area contributed by atoms with Crippen LogP contribution in [0.15, 0.2) is 47.8 Å². The van der Waals surface area contributed by atoms with Crippen LogP contribution < -0.4 is 0 Å². The van der Waals surface area contributed by atoms with E-state index in [-0.39, 0.29) is 5.91 Å². The number of benzene rings is 1. The van der Waals surface area contributed by atoms with Crippen molar-refractivity contribution in [3.05, 3.63) is 54.0 Å². The van der Waals surface area contributed by atoms with Crippen LogP contribution in [-0.2, 0) is 6.54 Å². The van der Waals surface area contributed by atoms with Crippen LogP contribution in [0.2, 0.25) is 0 Å². The first-order valence-corrected chi connectivity index (χ1v) is 10.7. The second kappa shape index (κ2) is 6.68. The average molecular weight is 379 g/mol. The molecule has 0 N–H and O–H groups in total. The lowest BCUT2D eigenvalue weighted by Gasteiger charge is -2.22. The SMILES string of the molecule is CSc1ccc(CN(C(=O)c2cnc3c(c2)ncn3C2CC2)C2CC2)cc1. The molecule has 2 heterocycles. The van der Waals surface area contributed by atoms with Gasteiger partial charge in [0.2, 0.25) is 0 Å². The molecule has 2 aliphatic rings. The van der Waals surface area contributed by atoms with Crippen LogP contribution in [-0.4, -0.2) is 37.6 Å². The maximum atomic E-state index is 13.2. The monoisotopic (exact) mass is 378 g/mol. The summed E-state index contributed by atoms with van der Waals surface area (Å²) < 4.78 is 2.13. The Morgan fingerprint density at radius 2 is 1.96 bits per heavy atom. The Kier molecular flexibility index (Phi) is 4.16. The van der Waals surface area contributed by atoms with Crippen molar-refractivity contribution in [1.29, 1.82) is 0 Å². The molecule has 5 rings (SSSR count). The maximum Gasteiger partial charge on any atom is 0.256 e. The molecular formula is C21H22N4OS. The summed E-state index contributed by atoms with van der Waals surface area (Å²) in [5.41, 5.74) is 3.50. The zero-order valence-electron chi connectivity index (χ0n) is 15.3. The zero-order chi connectivity index (χ0) is 18.4. The van der Waals surface area contributed by atoms with E-state index in [1.165, 1.54) is 23.3 Å². The van der Waals surface area contributed by atoms with Crippen LogP contribution in [0.5, 0.6) is 0 Å². The van der Waals surface area contributed by atoms with Gasteiger partial charge >= 0.3 is 0 Å². The second-order valence-electron chi connectivity index (χ2n) is 7.46. The van der Waals surface area contributed by atoms with Gasteiger partial charge in [0.15, 0.2) is 5.65 Å². The lowest BCUT2D eigenvalue weighted by molar-refractivity contribution is 0.0729. The number of hydrogen-bond donors (Lipinski definition) is 0. The highest BCUT2D eigenvalue weighted by molar-refractivity contribution is 7.98. The van der Waals surface area contributed by atoms with Crippen LogP contribution in [0.4, 0.5) is 0 Å². The largest absolute Gasteiger partial charge is 0.331 e. The molecular weight excluding hydrogens is 356 g/mol. The van der Waals surface area contributed by atoms with Crippen LogP contribution in [0.1, 0.15) is 47.6 Å². The first-order valence-electron chi connectivity index (χ1n) is 9.49. The van der Waals surface area contributed by atoms with Gasteiger partial charge in [-0.05, 0) is 55.7 Å². The van der Waals surface area contributed by atoms with Gasteiger partial charge in [-0.25, -0.2) is 9.97 Å². The lowest BCUT2D eigenvalue weighted by Crippen LogP contribution is -2.32. The van der Waals surface area contributed by atoms with E-state index in [4.69, 9.17) is 0 Å². The molecule has 0 aliphatic heterocycles. The maximum absolute atomic E-state index is 13.2. The van der Waals surface area contributed by atoms with Gasteiger partial charge in [0.1, 0.15) is 5.52 Å². The van der Waals surface area contributed by atoms with Crippen molar-refractivity contribution in [2.24, 2.45) is 0 Å². The number of carbonyl (C=O) groups excluding carboxylic acids is 1. The number of nitrogens with zero attached hydrogens (tertiary/aromatic N) is 4. The van der Waals surface area contributed by atoms with E-state index in [0.29, 0.717) is 24.2 Å². The number of amides is 1. The zero-order valence-corrected chi connectivity index (χ0v) is 16.2. The number of fused-ring (bicyclic) bond motifs is 1. The van der Waals surface area contributed by atoms with Crippen molar-refractivity contribution >= 4 is 28.8 Å². The van der Waals surface area contributed by atoms with Gasteiger partial charge in [0.05, 0.1) is 11.9 Å². The molecule has 2 aromatic heterocycles. The van der Waals surface area contributed by atoms with Crippen molar-refractivity contribution in [2.75, 3.05) is 6.26 Å². The Morgan fingerprint density at radius 1 is 1.19 bits per heavy atom. The molecule has 2 saturated carbocycles. The Balaban J connectivity index is 1.40. The van der Waals surface area contributed by atoms with Crippen molar-refractivity contribution in [1.82, 2.24) is 19.4 Å². The standard InChI is InChI=1S/C21H22N4OS/c1-27-18-8-2-14(3-9-18)12-24(16-4-5-16)21(26)15-10-19-20(22-11-15)25(13-23-19)17-6-7-17/h2-3,8-11,13,16-17H,4-7,12H2,1H3. The molecule has 0 spiro atoms. The van der Waals surface area contributed by atoms with E-state index in [1.807, 2.05) is 17.3 Å². The molecule has 0 atom stereocenters. The molecule has 27 heavy (non-hydrogen) atoms. The smallest absolute Gasteiger partial charge is 0.256 e. The molecule has 6 heteroatoms. The van der Waals surface area contributed by atoms with E-state index >= 15 is 0 Å². The normalized spacial score (nSPS) is 16.6. The van der Waals surface area contributed by atoms with Crippen LogP contribution in [0.3, 0.4) is 0 Å². The molecule has 3 aromatic rings. The van der Waals surface area contributed by atoms with Crippen molar-refractivity contribution in [3.63, 3.8) is 0 Å². The molecule has 0 bridgehead atoms. The quantitative estimate of drug-likeness (QED) is 0.600. The highest BCUT2D eigenvalue weighted by Gasteiger charge is 2.33. The summed E-state index contributed by atoms with van der Waals surface area (Å²) in [6, 6.07) is 11.3. The molecule has 2 fully saturated rings. The lowest BCUT2D eigenvalue weighted by atomic mass is 10.1. The fourth-order valence-corrected chi connectivity index (χ4v) is 3.91. The van der Waals surface area contributed by atoms with E-state index in [0.717, 1.165) is 24.0 Å². The topological polar surface area (TPSA) is 51.0 Å². The highest BCUT2D eigenvalue weighted by Crippen LogP contribution is 2.37. The Morgan fingerprint density at radius 3 is 2.63 bits per heavy atom. The number of pyridine rings is 1. The average Bonchev–Trinajstić information content (AvgIpc) is 3.64. The fourth-order valence-electron chi connectivity index (χ4n) is 3.50. The number of carbonyl (C=O) groups is 1. The van der Waals surface area contributed by atoms with Crippen molar-refractivity contribution in [2.45, 2.75) is 49.2 Å². The number of hydrogen-bond acceptors (Lipinski definition) is 4. The number of thioether (sulfide) groups is 1. The molecule has 1 aromatic carbocycles. The van der Waals surface area contributed by atoms with E-state index in [2.05, 4.69) is 45.1 Å². The number of rotatable bonds is 6. The minimum atomic E-state index is 0.0572. The summed E-state index contributed by atoms with van der Waals surface area (Å²) in [5, 5.41) is 0. The highest BCUT2D eigenvalue weighted by atomic mass is 32.2. The van der Waals surface area contributed by atoms with Crippen molar-refractivity contribution < 1.29 is 4.79 Å². The summed E-state index contributed by atoms with van der Waals surface area (Å²) in [7, 11) is 0. The van der Waals surface area contributed by atoms with Gasteiger partial charge in [-0.3, -0.25) is 4.79 Å². The first kappa shape index (κ1) is 16.8. The summed E-state index contributed by atoms with van der Waals surface area (Å²) in [4.78, 5) is 25.5. The van der Waals surface area contributed by atoms with Gasteiger partial charge in [-0.2, -0.15) is 0 Å². The van der Waals surface area contributed by atoms with Gasteiger partial charge in [0, 0.05) is 29.7 Å². The Labute approximate surface area is 162 Å². The second-order valence-corrected chi connectivity index (χ2v) is 8.34. The minimum Gasteiger partial charge on any atom is -0.331 e. The third-order valence-electron chi connectivity index (χ3n) is 5.36. The van der Waals surface area contributed by atoms with Gasteiger partial charge in [0.25, 0.3) is 5.91 Å². The van der Waals surface area contributed by atoms with Gasteiger partial charge in [-0.15, -0.1) is 11.8 Å². The van der Waals surface area contributed by atoms with Gasteiger partial charge < -0.3 is 9.47 Å². The molecule has 1 amide bonds. The van der Waals surface area contributed by atoms with Crippen LogP contribution in [0.25, 0.3) is 11.2 Å².